The number of amides is 1. The molecule has 84 valence electrons. The van der Waals surface area contributed by atoms with Gasteiger partial charge in [0.2, 0.25) is 5.91 Å². The van der Waals surface area contributed by atoms with Crippen LogP contribution in [0.25, 0.3) is 0 Å². The molecule has 1 aromatic carbocycles. The Balaban J connectivity index is 1.74. The van der Waals surface area contributed by atoms with Crippen LogP contribution in [-0.4, -0.2) is 18.4 Å². The van der Waals surface area contributed by atoms with Crippen molar-refractivity contribution in [3.8, 4) is 0 Å². The molecule has 4 nitrogen and oxygen atoms in total. The van der Waals surface area contributed by atoms with Gasteiger partial charge in [-0.05, 0) is 5.56 Å². The predicted octanol–water partition coefficient (Wildman–Crippen LogP) is 0.866. The first-order valence-electron chi connectivity index (χ1n) is 5.23. The number of nitrogens with one attached hydrogen (secondary N) is 1. The number of β-lactam (4-membered cyclic amide) rings is 1. The third kappa shape index (κ3) is 2.59. The first kappa shape index (κ1) is 10.7. The number of rotatable bonds is 4. The zero-order valence-corrected chi connectivity index (χ0v) is 8.81. The number of carbonyl (C=O) groups excluding carboxylic acids is 2. The van der Waals surface area contributed by atoms with Crippen molar-refractivity contribution in [3.63, 3.8) is 0 Å². The second-order valence-electron chi connectivity index (χ2n) is 3.79. The van der Waals surface area contributed by atoms with Crippen LogP contribution in [0.1, 0.15) is 12.0 Å². The van der Waals surface area contributed by atoms with Gasteiger partial charge < -0.3 is 10.1 Å². The number of benzene rings is 1. The zero-order valence-electron chi connectivity index (χ0n) is 8.81. The summed E-state index contributed by atoms with van der Waals surface area (Å²) < 4.78 is 5.06. The van der Waals surface area contributed by atoms with E-state index in [4.69, 9.17) is 4.74 Å². The molecule has 4 heteroatoms. The fraction of sp³-hybridized carbons (Fsp3) is 0.333. The molecule has 0 radical (unpaired) electrons. The molecular formula is C12H13NO3. The Bertz CT molecular complexity index is 389. The van der Waals surface area contributed by atoms with E-state index in [2.05, 4.69) is 5.32 Å². The zero-order chi connectivity index (χ0) is 11.4. The molecule has 1 atom stereocenters. The molecule has 16 heavy (non-hydrogen) atoms. The molecule has 1 aromatic rings. The lowest BCUT2D eigenvalue weighted by Crippen LogP contribution is -2.49. The Morgan fingerprint density at radius 3 is 2.69 bits per heavy atom. The molecule has 1 fully saturated rings. The number of ether oxygens (including phenoxy) is 1. The monoisotopic (exact) mass is 219 g/mol. The Hall–Kier alpha value is -1.84. The molecule has 0 aliphatic carbocycles. The van der Waals surface area contributed by atoms with E-state index >= 15 is 0 Å². The van der Waals surface area contributed by atoms with Crippen molar-refractivity contribution in [2.24, 2.45) is 5.92 Å². The van der Waals surface area contributed by atoms with Crippen molar-refractivity contribution in [3.05, 3.63) is 35.9 Å². The topological polar surface area (TPSA) is 55.4 Å². The van der Waals surface area contributed by atoms with Gasteiger partial charge in [-0.15, -0.1) is 0 Å². The largest absolute Gasteiger partial charge is 0.461 e. The summed E-state index contributed by atoms with van der Waals surface area (Å²) in [6, 6.07) is 9.47. The molecule has 1 amide bonds. The van der Waals surface area contributed by atoms with Crippen molar-refractivity contribution < 1.29 is 14.3 Å². The van der Waals surface area contributed by atoms with E-state index in [1.807, 2.05) is 30.3 Å². The van der Waals surface area contributed by atoms with E-state index in [9.17, 15) is 9.59 Å². The summed E-state index contributed by atoms with van der Waals surface area (Å²) in [7, 11) is 0. The molecule has 1 aliphatic heterocycles. The summed E-state index contributed by atoms with van der Waals surface area (Å²) in [5, 5.41) is 2.59. The summed E-state index contributed by atoms with van der Waals surface area (Å²) in [6.07, 6.45) is 0.179. The molecule has 1 heterocycles. The van der Waals surface area contributed by atoms with Crippen LogP contribution in [-0.2, 0) is 20.9 Å². The molecule has 1 N–H and O–H groups in total. The molecule has 1 saturated heterocycles. The number of hydrogen-bond donors (Lipinski definition) is 1. The predicted molar refractivity (Wildman–Crippen MR) is 57.4 cm³/mol. The van der Waals surface area contributed by atoms with Crippen molar-refractivity contribution in [2.45, 2.75) is 13.0 Å². The van der Waals surface area contributed by atoms with Gasteiger partial charge in [-0.25, -0.2) is 0 Å². The number of carbonyl (C=O) groups is 2. The Morgan fingerprint density at radius 2 is 2.12 bits per heavy atom. The van der Waals surface area contributed by atoms with Crippen LogP contribution in [0.3, 0.4) is 0 Å². The maximum Gasteiger partial charge on any atom is 0.306 e. The van der Waals surface area contributed by atoms with Crippen LogP contribution >= 0.6 is 0 Å². The van der Waals surface area contributed by atoms with Gasteiger partial charge in [0.15, 0.2) is 0 Å². The minimum absolute atomic E-state index is 0.0586. The second kappa shape index (κ2) is 4.79. The Labute approximate surface area is 93.6 Å². The van der Waals surface area contributed by atoms with E-state index in [-0.39, 0.29) is 30.8 Å². The molecule has 0 saturated carbocycles. The van der Waals surface area contributed by atoms with E-state index in [0.717, 1.165) is 5.56 Å². The SMILES string of the molecule is O=C(C[C@H]1CNC1=O)OCc1ccccc1. The normalized spacial score (nSPS) is 18.5. The minimum atomic E-state index is -0.316. The summed E-state index contributed by atoms with van der Waals surface area (Å²) in [5.74, 6) is -0.566. The molecule has 1 aliphatic rings. The van der Waals surface area contributed by atoms with E-state index in [1.165, 1.54) is 0 Å². The van der Waals surface area contributed by atoms with Crippen LogP contribution in [0.4, 0.5) is 0 Å². The average Bonchev–Trinajstić information content (AvgIpc) is 2.33. The van der Waals surface area contributed by atoms with Crippen molar-refractivity contribution >= 4 is 11.9 Å². The summed E-state index contributed by atoms with van der Waals surface area (Å²) in [5.41, 5.74) is 0.953. The Morgan fingerprint density at radius 1 is 1.38 bits per heavy atom. The van der Waals surface area contributed by atoms with Gasteiger partial charge in [-0.1, -0.05) is 30.3 Å². The fourth-order valence-corrected chi connectivity index (χ4v) is 1.49. The van der Waals surface area contributed by atoms with Gasteiger partial charge in [-0.3, -0.25) is 9.59 Å². The van der Waals surface area contributed by atoms with Crippen molar-refractivity contribution in [1.82, 2.24) is 5.32 Å². The molecule has 0 aromatic heterocycles. The highest BCUT2D eigenvalue weighted by atomic mass is 16.5. The van der Waals surface area contributed by atoms with Crippen LogP contribution in [0.2, 0.25) is 0 Å². The van der Waals surface area contributed by atoms with E-state index in [0.29, 0.717) is 6.54 Å². The molecule has 2 rings (SSSR count). The van der Waals surface area contributed by atoms with Crippen LogP contribution in [0.15, 0.2) is 30.3 Å². The van der Waals surface area contributed by atoms with Gasteiger partial charge in [0.25, 0.3) is 0 Å². The second-order valence-corrected chi connectivity index (χ2v) is 3.79. The Kier molecular flexibility index (Phi) is 3.19. The standard InChI is InChI=1S/C12H13NO3/c14-11(6-10-7-13-12(10)15)16-8-9-4-2-1-3-5-9/h1-5,10H,6-8H2,(H,13,15)/t10-/m0/s1. The first-order valence-corrected chi connectivity index (χ1v) is 5.23. The van der Waals surface area contributed by atoms with Crippen molar-refractivity contribution in [2.75, 3.05) is 6.54 Å². The third-order valence-corrected chi connectivity index (χ3v) is 2.55. The lowest BCUT2D eigenvalue weighted by atomic mass is 9.98. The molecular weight excluding hydrogens is 206 g/mol. The average molecular weight is 219 g/mol. The van der Waals surface area contributed by atoms with Gasteiger partial charge in [0.05, 0.1) is 12.3 Å². The van der Waals surface area contributed by atoms with Crippen molar-refractivity contribution in [1.29, 1.82) is 0 Å². The highest BCUT2D eigenvalue weighted by Crippen LogP contribution is 2.12. The first-order chi connectivity index (χ1) is 7.75. The maximum absolute atomic E-state index is 11.4. The van der Waals surface area contributed by atoms with Crippen LogP contribution in [0, 0.1) is 5.92 Å². The summed E-state index contributed by atoms with van der Waals surface area (Å²) >= 11 is 0. The smallest absolute Gasteiger partial charge is 0.306 e. The summed E-state index contributed by atoms with van der Waals surface area (Å²) in [4.78, 5) is 22.3. The van der Waals surface area contributed by atoms with Gasteiger partial charge >= 0.3 is 5.97 Å². The fourth-order valence-electron chi connectivity index (χ4n) is 1.49. The van der Waals surface area contributed by atoms with E-state index < -0.39 is 0 Å². The summed E-state index contributed by atoms with van der Waals surface area (Å²) in [6.45, 7) is 0.854. The van der Waals surface area contributed by atoms with Crippen LogP contribution < -0.4 is 5.32 Å². The number of esters is 1. The van der Waals surface area contributed by atoms with Gasteiger partial charge in [-0.2, -0.15) is 0 Å². The lowest BCUT2D eigenvalue weighted by Gasteiger charge is -2.24. The highest BCUT2D eigenvalue weighted by Gasteiger charge is 2.30. The highest BCUT2D eigenvalue weighted by molar-refractivity contribution is 5.88. The molecule has 0 bridgehead atoms. The maximum atomic E-state index is 11.4. The van der Waals surface area contributed by atoms with Gasteiger partial charge in [0.1, 0.15) is 6.61 Å². The molecule has 0 unspecified atom stereocenters. The third-order valence-electron chi connectivity index (χ3n) is 2.55. The lowest BCUT2D eigenvalue weighted by molar-refractivity contribution is -0.150. The van der Waals surface area contributed by atoms with Crippen LogP contribution in [0.5, 0.6) is 0 Å². The number of hydrogen-bond acceptors (Lipinski definition) is 3. The quantitative estimate of drug-likeness (QED) is 0.603. The minimum Gasteiger partial charge on any atom is -0.461 e. The van der Waals surface area contributed by atoms with Gasteiger partial charge in [0, 0.05) is 6.54 Å². The molecule has 0 spiro atoms. The van der Waals surface area contributed by atoms with E-state index in [1.54, 1.807) is 0 Å².